The van der Waals surface area contributed by atoms with Crippen LogP contribution in [0.1, 0.15) is 73.1 Å². The maximum absolute atomic E-state index is 11.4. The predicted molar refractivity (Wildman–Crippen MR) is 70.7 cm³/mol. The van der Waals surface area contributed by atoms with E-state index in [1.807, 2.05) is 6.92 Å². The van der Waals surface area contributed by atoms with Crippen molar-refractivity contribution >= 4 is 0 Å². The van der Waals surface area contributed by atoms with Gasteiger partial charge in [0.25, 0.3) is 0 Å². The van der Waals surface area contributed by atoms with Gasteiger partial charge < -0.3 is 0 Å². The van der Waals surface area contributed by atoms with E-state index in [2.05, 4.69) is 27.7 Å². The third kappa shape index (κ3) is 3.97. The summed E-state index contributed by atoms with van der Waals surface area (Å²) in [6.07, 6.45) is 5.83. The van der Waals surface area contributed by atoms with Gasteiger partial charge in [0.05, 0.1) is 0 Å². The molecular weight excluding hydrogens is 214 g/mol. The number of nitrogens with zero attached hydrogens (tertiary/aromatic N) is 1. The Bertz CT molecular complexity index is 297. The molecular formula is C14H27NO2. The van der Waals surface area contributed by atoms with Crippen LogP contribution in [0.5, 0.6) is 0 Å². The molecule has 1 atom stereocenters. The summed E-state index contributed by atoms with van der Waals surface area (Å²) in [5, 5.41) is 11.4. The molecule has 0 aliphatic heterocycles. The smallest absolute Gasteiger partial charge is 0.220 e. The zero-order chi connectivity index (χ0) is 13.3. The van der Waals surface area contributed by atoms with Crippen LogP contribution >= 0.6 is 0 Å². The maximum Gasteiger partial charge on any atom is 0.220 e. The van der Waals surface area contributed by atoms with Crippen LogP contribution in [0.4, 0.5) is 0 Å². The van der Waals surface area contributed by atoms with E-state index in [0.29, 0.717) is 12.8 Å². The minimum atomic E-state index is -0.745. The van der Waals surface area contributed by atoms with Crippen molar-refractivity contribution in [2.75, 3.05) is 0 Å². The number of hydrogen-bond acceptors (Lipinski definition) is 2. The zero-order valence-corrected chi connectivity index (χ0v) is 12.0. The van der Waals surface area contributed by atoms with Crippen LogP contribution in [0.2, 0.25) is 0 Å². The van der Waals surface area contributed by atoms with E-state index in [0.717, 1.165) is 12.8 Å². The highest BCUT2D eigenvalue weighted by molar-refractivity contribution is 4.87. The maximum atomic E-state index is 11.4. The van der Waals surface area contributed by atoms with Gasteiger partial charge in [0.2, 0.25) is 5.54 Å². The van der Waals surface area contributed by atoms with Crippen LogP contribution in [-0.2, 0) is 0 Å². The molecule has 0 saturated heterocycles. The first-order valence-electron chi connectivity index (χ1n) is 6.71. The molecule has 0 bridgehead atoms. The molecule has 0 aromatic rings. The monoisotopic (exact) mass is 241 g/mol. The summed E-state index contributed by atoms with van der Waals surface area (Å²) in [6.45, 7) is 10.7. The summed E-state index contributed by atoms with van der Waals surface area (Å²) >= 11 is 0. The lowest BCUT2D eigenvalue weighted by molar-refractivity contribution is -0.571. The van der Waals surface area contributed by atoms with Crippen LogP contribution < -0.4 is 0 Å². The largest absolute Gasteiger partial charge is 0.264 e. The molecule has 17 heavy (non-hydrogen) atoms. The molecule has 1 saturated carbocycles. The van der Waals surface area contributed by atoms with Crippen molar-refractivity contribution in [3.05, 3.63) is 10.1 Å². The Morgan fingerprint density at radius 1 is 0.882 bits per heavy atom. The molecule has 0 heterocycles. The Hall–Kier alpha value is -0.600. The standard InChI is InChI=1S/C14H27NO2/c1-12(2)7-6-8-13(3,4)11-14(5,10-9-12)15(16)17/h6-11H2,1-5H3. The quantitative estimate of drug-likeness (QED) is 0.503. The Balaban J connectivity index is 2.94. The Morgan fingerprint density at radius 3 is 1.94 bits per heavy atom. The van der Waals surface area contributed by atoms with Crippen molar-refractivity contribution in [1.29, 1.82) is 0 Å². The Labute approximate surface area is 105 Å². The first kappa shape index (κ1) is 14.5. The van der Waals surface area contributed by atoms with Gasteiger partial charge in [-0.2, -0.15) is 0 Å². The molecule has 0 amide bonds. The first-order chi connectivity index (χ1) is 7.56. The van der Waals surface area contributed by atoms with Crippen LogP contribution in [0.15, 0.2) is 0 Å². The lowest BCUT2D eigenvalue weighted by atomic mass is 9.75. The predicted octanol–water partition coefficient (Wildman–Crippen LogP) is 4.43. The highest BCUT2D eigenvalue weighted by Gasteiger charge is 2.44. The van der Waals surface area contributed by atoms with Crippen molar-refractivity contribution < 1.29 is 4.92 Å². The molecule has 0 radical (unpaired) electrons. The molecule has 100 valence electrons. The van der Waals surface area contributed by atoms with Crippen molar-refractivity contribution in [1.82, 2.24) is 0 Å². The van der Waals surface area contributed by atoms with Crippen LogP contribution in [0.3, 0.4) is 0 Å². The fourth-order valence-electron chi connectivity index (χ4n) is 3.14. The molecule has 1 aliphatic carbocycles. The normalized spacial score (nSPS) is 33.2. The molecule has 0 aromatic carbocycles. The molecule has 0 spiro atoms. The third-order valence-corrected chi connectivity index (χ3v) is 4.35. The minimum absolute atomic E-state index is 0.0455. The lowest BCUT2D eigenvalue weighted by Crippen LogP contribution is -2.39. The number of hydrogen-bond donors (Lipinski definition) is 0. The fraction of sp³-hybridized carbons (Fsp3) is 1.00. The van der Waals surface area contributed by atoms with Gasteiger partial charge in [-0.15, -0.1) is 0 Å². The van der Waals surface area contributed by atoms with Gasteiger partial charge in [-0.1, -0.05) is 34.1 Å². The molecule has 1 unspecified atom stereocenters. The van der Waals surface area contributed by atoms with E-state index in [4.69, 9.17) is 0 Å². The average Bonchev–Trinajstić information content (AvgIpc) is 2.16. The second kappa shape index (κ2) is 4.58. The molecule has 1 rings (SSSR count). The van der Waals surface area contributed by atoms with Crippen molar-refractivity contribution in [3.63, 3.8) is 0 Å². The summed E-state index contributed by atoms with van der Waals surface area (Å²) in [5.41, 5.74) is -0.412. The minimum Gasteiger partial charge on any atom is -0.264 e. The van der Waals surface area contributed by atoms with Gasteiger partial charge in [-0.3, -0.25) is 10.1 Å². The third-order valence-electron chi connectivity index (χ3n) is 4.35. The van der Waals surface area contributed by atoms with Gasteiger partial charge in [0, 0.05) is 24.7 Å². The van der Waals surface area contributed by atoms with E-state index in [1.54, 1.807) is 0 Å². The second-order valence-electron chi connectivity index (χ2n) is 7.61. The molecule has 3 nitrogen and oxygen atoms in total. The Kier molecular flexibility index (Phi) is 3.90. The summed E-state index contributed by atoms with van der Waals surface area (Å²) in [7, 11) is 0. The van der Waals surface area contributed by atoms with Crippen LogP contribution in [0.25, 0.3) is 0 Å². The van der Waals surface area contributed by atoms with Gasteiger partial charge in [0.15, 0.2) is 0 Å². The second-order valence-corrected chi connectivity index (χ2v) is 7.61. The molecule has 1 fully saturated rings. The number of rotatable bonds is 1. The summed E-state index contributed by atoms with van der Waals surface area (Å²) in [6, 6.07) is 0. The molecule has 0 N–H and O–H groups in total. The van der Waals surface area contributed by atoms with Gasteiger partial charge in [0.1, 0.15) is 0 Å². The fourth-order valence-corrected chi connectivity index (χ4v) is 3.14. The molecule has 1 aliphatic rings. The van der Waals surface area contributed by atoms with Gasteiger partial charge in [-0.25, -0.2) is 0 Å². The topological polar surface area (TPSA) is 43.1 Å². The summed E-state index contributed by atoms with van der Waals surface area (Å²) in [5.74, 6) is 0. The van der Waals surface area contributed by atoms with E-state index in [9.17, 15) is 10.1 Å². The SMILES string of the molecule is CC1(C)CCCC(C)(C)CC(C)([N+](=O)[O-])CC1. The first-order valence-corrected chi connectivity index (χ1v) is 6.71. The van der Waals surface area contributed by atoms with Crippen LogP contribution in [-0.4, -0.2) is 10.5 Å². The lowest BCUT2D eigenvalue weighted by Gasteiger charge is -2.31. The highest BCUT2D eigenvalue weighted by atomic mass is 16.6. The van der Waals surface area contributed by atoms with E-state index < -0.39 is 5.54 Å². The van der Waals surface area contributed by atoms with Gasteiger partial charge in [-0.05, 0) is 30.1 Å². The van der Waals surface area contributed by atoms with E-state index >= 15 is 0 Å². The Morgan fingerprint density at radius 2 is 1.41 bits per heavy atom. The summed E-state index contributed by atoms with van der Waals surface area (Å²) < 4.78 is 0. The van der Waals surface area contributed by atoms with Gasteiger partial charge >= 0.3 is 0 Å². The van der Waals surface area contributed by atoms with E-state index in [1.165, 1.54) is 12.8 Å². The van der Waals surface area contributed by atoms with Crippen molar-refractivity contribution in [2.45, 2.75) is 78.7 Å². The zero-order valence-electron chi connectivity index (χ0n) is 12.0. The van der Waals surface area contributed by atoms with Crippen molar-refractivity contribution in [3.8, 4) is 0 Å². The number of nitro groups is 1. The van der Waals surface area contributed by atoms with E-state index in [-0.39, 0.29) is 15.8 Å². The summed E-state index contributed by atoms with van der Waals surface area (Å²) in [4.78, 5) is 11.3. The highest BCUT2D eigenvalue weighted by Crippen LogP contribution is 2.43. The van der Waals surface area contributed by atoms with Crippen LogP contribution in [0, 0.1) is 20.9 Å². The average molecular weight is 241 g/mol. The van der Waals surface area contributed by atoms with Crippen molar-refractivity contribution in [2.24, 2.45) is 10.8 Å². The molecule has 0 aromatic heterocycles. The molecule has 3 heteroatoms.